The van der Waals surface area contributed by atoms with Gasteiger partial charge in [-0.3, -0.25) is 0 Å². The Balaban J connectivity index is 1.94. The molecule has 2 aromatic carbocycles. The van der Waals surface area contributed by atoms with Gasteiger partial charge in [0.05, 0.1) is 0 Å². The number of fused-ring (bicyclic) bond motifs is 2. The van der Waals surface area contributed by atoms with Gasteiger partial charge in [0, 0.05) is 0 Å². The summed E-state index contributed by atoms with van der Waals surface area (Å²) in [6, 6.07) is 19.8. The second-order valence-electron chi connectivity index (χ2n) is 5.43. The van der Waals surface area contributed by atoms with Gasteiger partial charge in [0.2, 0.25) is 0 Å². The van der Waals surface area contributed by atoms with Gasteiger partial charge in [-0.05, 0) is 0 Å². The van der Waals surface area contributed by atoms with Crippen LogP contribution >= 0.6 is 11.8 Å². The number of hydrogen-bond donors (Lipinski definition) is 0. The number of hydrogen-bond acceptors (Lipinski definition) is 1. The predicted molar refractivity (Wildman–Crippen MR) is 93.4 cm³/mol. The van der Waals surface area contributed by atoms with Crippen LogP contribution in [0.15, 0.2) is 70.6 Å². The van der Waals surface area contributed by atoms with Crippen LogP contribution in [0.5, 0.6) is 0 Å². The van der Waals surface area contributed by atoms with E-state index in [1.807, 2.05) is 11.8 Å². The molecule has 2 heterocycles. The maximum absolute atomic E-state index is 2.29. The third kappa shape index (κ3) is 2.30. The Bertz CT molecular complexity index is 873. The van der Waals surface area contributed by atoms with Gasteiger partial charge in [-0.25, -0.2) is 0 Å². The molecule has 0 aliphatic carbocycles. The van der Waals surface area contributed by atoms with Crippen LogP contribution in [0.25, 0.3) is 11.3 Å². The Hall–Kier alpha value is -1.54. The summed E-state index contributed by atoms with van der Waals surface area (Å²) in [5.41, 5.74) is 4.09. The monoisotopic (exact) mass is 370 g/mol. The normalized spacial score (nSPS) is 12.6. The van der Waals surface area contributed by atoms with E-state index in [-0.39, 0.29) is 0 Å². The summed E-state index contributed by atoms with van der Waals surface area (Å²) >= 11 is 2.27. The molecule has 1 aliphatic rings. The molecule has 0 spiro atoms. The van der Waals surface area contributed by atoms with Gasteiger partial charge in [0.25, 0.3) is 0 Å². The number of nitrogens with zero attached hydrogens (tertiary/aromatic N) is 1. The molecule has 0 bridgehead atoms. The van der Waals surface area contributed by atoms with Gasteiger partial charge in [-0.15, -0.1) is 0 Å². The Labute approximate surface area is 141 Å². The van der Waals surface area contributed by atoms with E-state index in [0.717, 1.165) is 0 Å². The van der Waals surface area contributed by atoms with Crippen LogP contribution in [0, 0.1) is 6.92 Å². The van der Waals surface area contributed by atoms with Crippen molar-refractivity contribution in [1.29, 1.82) is 0 Å². The van der Waals surface area contributed by atoms with E-state index >= 15 is 0 Å². The molecule has 1 aromatic heterocycles. The molecule has 1 nitrogen and oxygen atoms in total. The van der Waals surface area contributed by atoms with Crippen molar-refractivity contribution < 1.29 is 4.57 Å². The minimum absolute atomic E-state index is 0.362. The molecular formula is C19H16NSSe+. The molecule has 0 unspecified atom stereocenters. The van der Waals surface area contributed by atoms with Gasteiger partial charge < -0.3 is 0 Å². The number of benzene rings is 2. The third-order valence-corrected chi connectivity index (χ3v) is 8.17. The van der Waals surface area contributed by atoms with E-state index in [9.17, 15) is 0 Å². The molecule has 0 amide bonds. The summed E-state index contributed by atoms with van der Waals surface area (Å²) < 4.78 is 5.25. The molecule has 22 heavy (non-hydrogen) atoms. The molecule has 3 aromatic rings. The standard InChI is InChI=1S/C19H16NSSe/c1-13-10-11-16-19(18(13)14-7-5-6-12-20(14)2)22-17-9-4-3-8-15(17)21-16/h3-12H,1-2H3/q+1. The second kappa shape index (κ2) is 5.58. The molecule has 0 atom stereocenters. The summed E-state index contributed by atoms with van der Waals surface area (Å²) in [6.45, 7) is 2.23. The van der Waals surface area contributed by atoms with Crippen LogP contribution in [0.1, 0.15) is 5.56 Å². The van der Waals surface area contributed by atoms with Crippen LogP contribution in [0.3, 0.4) is 0 Å². The van der Waals surface area contributed by atoms with Gasteiger partial charge in [-0.1, -0.05) is 0 Å². The summed E-state index contributed by atoms with van der Waals surface area (Å²) in [5, 5.41) is 0. The summed E-state index contributed by atoms with van der Waals surface area (Å²) in [5.74, 6) is 0. The molecular weight excluding hydrogens is 353 g/mol. The fourth-order valence-corrected chi connectivity index (χ4v) is 6.88. The zero-order valence-corrected chi connectivity index (χ0v) is 15.1. The molecule has 4 rings (SSSR count). The van der Waals surface area contributed by atoms with Gasteiger partial charge in [-0.2, -0.15) is 0 Å². The minimum atomic E-state index is 0.362. The van der Waals surface area contributed by atoms with Crippen molar-refractivity contribution in [2.24, 2.45) is 7.05 Å². The Morgan fingerprint density at radius 2 is 1.73 bits per heavy atom. The van der Waals surface area contributed by atoms with Crippen molar-refractivity contribution in [3.8, 4) is 11.3 Å². The van der Waals surface area contributed by atoms with Crippen LogP contribution in [0.2, 0.25) is 0 Å². The molecule has 0 saturated carbocycles. The van der Waals surface area contributed by atoms with E-state index in [4.69, 9.17) is 0 Å². The van der Waals surface area contributed by atoms with E-state index in [2.05, 4.69) is 79.3 Å². The Morgan fingerprint density at radius 1 is 0.909 bits per heavy atom. The quantitative estimate of drug-likeness (QED) is 0.369. The van der Waals surface area contributed by atoms with Crippen molar-refractivity contribution in [1.82, 2.24) is 0 Å². The molecule has 1 aliphatic heterocycles. The molecule has 0 N–H and O–H groups in total. The van der Waals surface area contributed by atoms with Gasteiger partial charge in [0.15, 0.2) is 0 Å². The fourth-order valence-electron chi connectivity index (χ4n) is 2.79. The van der Waals surface area contributed by atoms with Crippen molar-refractivity contribution in [2.75, 3.05) is 0 Å². The van der Waals surface area contributed by atoms with Gasteiger partial charge >= 0.3 is 142 Å². The zero-order chi connectivity index (χ0) is 15.1. The first-order valence-corrected chi connectivity index (χ1v) is 9.80. The second-order valence-corrected chi connectivity index (χ2v) is 8.72. The summed E-state index contributed by atoms with van der Waals surface area (Å²) in [7, 11) is 2.13. The molecule has 0 radical (unpaired) electrons. The first-order valence-electron chi connectivity index (χ1n) is 7.27. The third-order valence-electron chi connectivity index (χ3n) is 3.92. The van der Waals surface area contributed by atoms with E-state index in [1.165, 1.54) is 35.5 Å². The zero-order valence-electron chi connectivity index (χ0n) is 12.5. The summed E-state index contributed by atoms with van der Waals surface area (Å²) in [6.07, 6.45) is 2.13. The van der Waals surface area contributed by atoms with Crippen molar-refractivity contribution in [3.63, 3.8) is 0 Å². The van der Waals surface area contributed by atoms with E-state index in [1.54, 1.807) is 0 Å². The number of aryl methyl sites for hydroxylation is 2. The average molecular weight is 369 g/mol. The average Bonchev–Trinajstić information content (AvgIpc) is 2.54. The SMILES string of the molecule is Cc1ccc2c(c1-c1cccc[n+]1C)[Se]c1ccccc1S2. The van der Waals surface area contributed by atoms with E-state index < -0.39 is 0 Å². The van der Waals surface area contributed by atoms with Crippen molar-refractivity contribution in [2.45, 2.75) is 16.7 Å². The number of rotatable bonds is 1. The van der Waals surface area contributed by atoms with Crippen LogP contribution in [-0.4, -0.2) is 15.0 Å². The molecule has 108 valence electrons. The first kappa shape index (κ1) is 14.1. The van der Waals surface area contributed by atoms with Crippen molar-refractivity contribution in [3.05, 3.63) is 66.4 Å². The van der Waals surface area contributed by atoms with Crippen LogP contribution < -0.4 is 13.5 Å². The summed E-state index contributed by atoms with van der Waals surface area (Å²) in [4.78, 5) is 2.84. The molecule has 0 saturated heterocycles. The van der Waals surface area contributed by atoms with E-state index in [0.29, 0.717) is 15.0 Å². The molecule has 3 heteroatoms. The number of pyridine rings is 1. The van der Waals surface area contributed by atoms with Crippen LogP contribution in [0.4, 0.5) is 0 Å². The van der Waals surface area contributed by atoms with Crippen LogP contribution in [-0.2, 0) is 7.05 Å². The van der Waals surface area contributed by atoms with Gasteiger partial charge in [0.1, 0.15) is 0 Å². The topological polar surface area (TPSA) is 3.88 Å². The maximum atomic E-state index is 2.29. The Kier molecular flexibility index (Phi) is 3.57. The predicted octanol–water partition coefficient (Wildman–Crippen LogP) is 2.61. The Morgan fingerprint density at radius 3 is 2.59 bits per heavy atom. The number of aromatic nitrogens is 1. The van der Waals surface area contributed by atoms with Crippen molar-refractivity contribution >= 4 is 35.6 Å². The molecule has 0 fully saturated rings. The fraction of sp³-hybridized carbons (Fsp3) is 0.105. The first-order chi connectivity index (χ1) is 10.7.